The van der Waals surface area contributed by atoms with Gasteiger partial charge in [-0.05, 0) is 40.6 Å². The summed E-state index contributed by atoms with van der Waals surface area (Å²) in [4.78, 5) is 2.21. The topological polar surface area (TPSA) is 15.3 Å². The van der Waals surface area contributed by atoms with E-state index in [-0.39, 0.29) is 0 Å². The minimum Gasteiger partial charge on any atom is -0.385 e. The number of hydrogen-bond acceptors (Lipinski definition) is 2. The second-order valence-corrected chi connectivity index (χ2v) is 6.81. The van der Waals surface area contributed by atoms with Gasteiger partial charge in [-0.25, -0.2) is 0 Å². The minimum absolute atomic E-state index is 0.896. The van der Waals surface area contributed by atoms with Crippen molar-refractivity contribution in [3.63, 3.8) is 0 Å². The van der Waals surface area contributed by atoms with Gasteiger partial charge >= 0.3 is 0 Å². The molecular weight excluding hydrogens is 316 g/mol. The molecule has 0 aliphatic heterocycles. The lowest BCUT2D eigenvalue weighted by Crippen LogP contribution is -2.11. The number of hydrogen-bond donors (Lipinski definition) is 1. The molecule has 2 heteroatoms. The third kappa shape index (κ3) is 2.68. The average molecular weight is 340 g/mol. The van der Waals surface area contributed by atoms with E-state index in [9.17, 15) is 0 Å². The van der Waals surface area contributed by atoms with Crippen molar-refractivity contribution in [3.05, 3.63) is 72.8 Å². The molecule has 2 nitrogen and oxygen atoms in total. The van der Waals surface area contributed by atoms with Gasteiger partial charge < -0.3 is 10.2 Å². The first-order valence-electron chi connectivity index (χ1n) is 9.15. The molecule has 0 heterocycles. The zero-order chi connectivity index (χ0) is 18.1. The van der Waals surface area contributed by atoms with Crippen LogP contribution in [0.25, 0.3) is 32.7 Å². The second-order valence-electron chi connectivity index (χ2n) is 6.81. The van der Waals surface area contributed by atoms with E-state index in [2.05, 4.69) is 104 Å². The highest BCUT2D eigenvalue weighted by atomic mass is 15.1. The van der Waals surface area contributed by atoms with E-state index in [1.807, 2.05) is 0 Å². The first kappa shape index (κ1) is 16.5. The molecule has 0 radical (unpaired) electrons. The van der Waals surface area contributed by atoms with Gasteiger partial charge in [0.25, 0.3) is 0 Å². The Bertz CT molecular complexity index is 1080. The Balaban J connectivity index is 2.19. The summed E-state index contributed by atoms with van der Waals surface area (Å²) in [6.45, 7) is 3.04. The van der Waals surface area contributed by atoms with Crippen LogP contribution in [0.3, 0.4) is 0 Å². The van der Waals surface area contributed by atoms with Crippen molar-refractivity contribution in [1.82, 2.24) is 0 Å². The van der Waals surface area contributed by atoms with Gasteiger partial charge in [0.05, 0.1) is 0 Å². The Morgan fingerprint density at radius 2 is 1.27 bits per heavy atom. The summed E-state index contributed by atoms with van der Waals surface area (Å²) in [6, 6.07) is 26.2. The molecule has 26 heavy (non-hydrogen) atoms. The van der Waals surface area contributed by atoms with Crippen molar-refractivity contribution in [2.75, 3.05) is 30.9 Å². The molecule has 0 amide bonds. The number of nitrogens with one attached hydrogen (secondary N) is 1. The Kier molecular flexibility index (Phi) is 4.26. The average Bonchev–Trinajstić information content (AvgIpc) is 2.67. The highest BCUT2D eigenvalue weighted by molar-refractivity contribution is 6.13. The summed E-state index contributed by atoms with van der Waals surface area (Å²) in [5.74, 6) is 0. The van der Waals surface area contributed by atoms with E-state index in [4.69, 9.17) is 0 Å². The second kappa shape index (κ2) is 6.72. The zero-order valence-corrected chi connectivity index (χ0v) is 15.6. The monoisotopic (exact) mass is 340 g/mol. The van der Waals surface area contributed by atoms with Crippen molar-refractivity contribution in [1.29, 1.82) is 0 Å². The largest absolute Gasteiger partial charge is 0.385 e. The molecule has 0 bridgehead atoms. The molecule has 130 valence electrons. The predicted octanol–water partition coefficient (Wildman–Crippen LogP) is 6.16. The van der Waals surface area contributed by atoms with Crippen molar-refractivity contribution >= 4 is 32.9 Å². The number of rotatable bonds is 4. The van der Waals surface area contributed by atoms with Crippen molar-refractivity contribution < 1.29 is 0 Å². The fourth-order valence-electron chi connectivity index (χ4n) is 3.77. The van der Waals surface area contributed by atoms with Crippen LogP contribution in [0, 0.1) is 0 Å². The summed E-state index contributed by atoms with van der Waals surface area (Å²) >= 11 is 0. The maximum absolute atomic E-state index is 3.58. The van der Waals surface area contributed by atoms with Gasteiger partial charge in [0.15, 0.2) is 0 Å². The van der Waals surface area contributed by atoms with Crippen LogP contribution in [0.2, 0.25) is 0 Å². The van der Waals surface area contributed by atoms with Crippen LogP contribution in [0.1, 0.15) is 6.92 Å². The van der Waals surface area contributed by atoms with Crippen molar-refractivity contribution in [3.8, 4) is 11.1 Å². The third-order valence-electron chi connectivity index (χ3n) is 4.94. The van der Waals surface area contributed by atoms with E-state index in [0.717, 1.165) is 6.54 Å². The van der Waals surface area contributed by atoms with Gasteiger partial charge in [-0.3, -0.25) is 0 Å². The maximum atomic E-state index is 3.58. The highest BCUT2D eigenvalue weighted by Crippen LogP contribution is 2.44. The van der Waals surface area contributed by atoms with E-state index >= 15 is 0 Å². The van der Waals surface area contributed by atoms with E-state index in [1.54, 1.807) is 0 Å². The summed E-state index contributed by atoms with van der Waals surface area (Å²) in [7, 11) is 4.23. The van der Waals surface area contributed by atoms with Gasteiger partial charge in [0, 0.05) is 43.1 Å². The van der Waals surface area contributed by atoms with Crippen LogP contribution in [0.15, 0.2) is 72.8 Å². The van der Waals surface area contributed by atoms with Crippen molar-refractivity contribution in [2.24, 2.45) is 0 Å². The Hall–Kier alpha value is -3.00. The molecule has 0 saturated carbocycles. The number of fused-ring (bicyclic) bond motifs is 2. The van der Waals surface area contributed by atoms with E-state index < -0.39 is 0 Å². The molecule has 1 N–H and O–H groups in total. The quantitative estimate of drug-likeness (QED) is 0.479. The Morgan fingerprint density at radius 1 is 0.692 bits per heavy atom. The smallest absolute Gasteiger partial charge is 0.0448 e. The first-order chi connectivity index (χ1) is 12.7. The fraction of sp³-hybridized carbons (Fsp3) is 0.167. The summed E-state index contributed by atoms with van der Waals surface area (Å²) < 4.78 is 0. The highest BCUT2D eigenvalue weighted by Gasteiger charge is 2.17. The lowest BCUT2D eigenvalue weighted by atomic mass is 9.90. The zero-order valence-electron chi connectivity index (χ0n) is 15.6. The van der Waals surface area contributed by atoms with Crippen molar-refractivity contribution in [2.45, 2.75) is 6.92 Å². The van der Waals surface area contributed by atoms with Gasteiger partial charge in [0.1, 0.15) is 0 Å². The van der Waals surface area contributed by atoms with Crippen LogP contribution in [0.4, 0.5) is 11.4 Å². The molecule has 4 aromatic rings. The standard InChI is InChI=1S/C24H24N2/c1-4-25-21-15-13-17-9-5-7-11-19(17)23(21)24-20-12-8-6-10-18(20)14-16-22(24)26(2)3/h5-16,25H,4H2,1-3H3. The molecule has 0 aromatic heterocycles. The normalized spacial score (nSPS) is 11.0. The first-order valence-corrected chi connectivity index (χ1v) is 9.15. The van der Waals surface area contributed by atoms with Gasteiger partial charge in [-0.2, -0.15) is 0 Å². The molecule has 4 aromatic carbocycles. The van der Waals surface area contributed by atoms with Crippen LogP contribution in [0.5, 0.6) is 0 Å². The number of nitrogens with zero attached hydrogens (tertiary/aromatic N) is 1. The third-order valence-corrected chi connectivity index (χ3v) is 4.94. The van der Waals surface area contributed by atoms with E-state index in [1.165, 1.54) is 44.0 Å². The lowest BCUT2D eigenvalue weighted by Gasteiger charge is -2.23. The minimum atomic E-state index is 0.896. The van der Waals surface area contributed by atoms with Crippen LogP contribution in [-0.2, 0) is 0 Å². The molecular formula is C24H24N2. The number of anilines is 2. The molecule has 0 unspecified atom stereocenters. The SMILES string of the molecule is CCNc1ccc2ccccc2c1-c1c(N(C)C)ccc2ccccc12. The summed E-state index contributed by atoms with van der Waals surface area (Å²) in [5.41, 5.74) is 5.00. The Morgan fingerprint density at radius 3 is 1.88 bits per heavy atom. The molecule has 0 aliphatic carbocycles. The molecule has 0 saturated heterocycles. The maximum Gasteiger partial charge on any atom is 0.0448 e. The van der Waals surface area contributed by atoms with E-state index in [0.29, 0.717) is 0 Å². The van der Waals surface area contributed by atoms with Gasteiger partial charge in [0.2, 0.25) is 0 Å². The van der Waals surface area contributed by atoms with Gasteiger partial charge in [-0.1, -0.05) is 60.7 Å². The molecule has 0 fully saturated rings. The molecule has 4 rings (SSSR count). The van der Waals surface area contributed by atoms with Crippen LogP contribution in [-0.4, -0.2) is 20.6 Å². The number of benzene rings is 4. The van der Waals surface area contributed by atoms with Crippen LogP contribution < -0.4 is 10.2 Å². The summed E-state index contributed by atoms with van der Waals surface area (Å²) in [6.07, 6.45) is 0. The summed E-state index contributed by atoms with van der Waals surface area (Å²) in [5, 5.41) is 8.68. The van der Waals surface area contributed by atoms with Crippen LogP contribution >= 0.6 is 0 Å². The predicted molar refractivity (Wildman–Crippen MR) is 115 cm³/mol. The molecule has 0 aliphatic rings. The molecule has 0 spiro atoms. The Labute approximate surface area is 155 Å². The van der Waals surface area contributed by atoms with Gasteiger partial charge in [-0.15, -0.1) is 0 Å². The lowest BCUT2D eigenvalue weighted by molar-refractivity contribution is 1.14. The molecule has 0 atom stereocenters. The fourth-order valence-corrected chi connectivity index (χ4v) is 3.77.